The highest BCUT2D eigenvalue weighted by molar-refractivity contribution is 7.93. The van der Waals surface area contributed by atoms with Crippen molar-refractivity contribution in [3.8, 4) is 0 Å². The van der Waals surface area contributed by atoms with Crippen molar-refractivity contribution in [2.45, 2.75) is 51.0 Å². The average molecular weight is 418 g/mol. The van der Waals surface area contributed by atoms with Gasteiger partial charge in [-0.3, -0.25) is 0 Å². The molecule has 5 nitrogen and oxygen atoms in total. The summed E-state index contributed by atoms with van der Waals surface area (Å²) in [6.07, 6.45) is -2.34. The van der Waals surface area contributed by atoms with Crippen LogP contribution in [0.2, 0.25) is 0 Å². The maximum absolute atomic E-state index is 13.4. The molecule has 1 aromatic rings. The highest BCUT2D eigenvalue weighted by atomic mass is 32.2. The van der Waals surface area contributed by atoms with Gasteiger partial charge < -0.3 is 10.2 Å². The number of hydrogen-bond acceptors (Lipinski definition) is 3. The molecule has 28 heavy (non-hydrogen) atoms. The SMILES string of the molecule is C[C@@H]1C[C@H](C(F)(F)F)C[C@H](c2ccccc2)N1C(=O)N[C@@H](C)/C=C/S(C)(=O)=O. The lowest BCUT2D eigenvalue weighted by Gasteiger charge is -2.44. The van der Waals surface area contributed by atoms with Crippen molar-refractivity contribution in [3.63, 3.8) is 0 Å². The van der Waals surface area contributed by atoms with E-state index >= 15 is 0 Å². The molecule has 1 fully saturated rings. The fraction of sp³-hybridized carbons (Fsp3) is 0.526. The van der Waals surface area contributed by atoms with Gasteiger partial charge in [-0.1, -0.05) is 36.4 Å². The summed E-state index contributed by atoms with van der Waals surface area (Å²) < 4.78 is 62.6. The van der Waals surface area contributed by atoms with Crippen LogP contribution in [-0.2, 0) is 9.84 Å². The van der Waals surface area contributed by atoms with Crippen molar-refractivity contribution in [3.05, 3.63) is 47.4 Å². The number of amides is 2. The average Bonchev–Trinajstić information content (AvgIpc) is 2.58. The number of carbonyl (C=O) groups is 1. The number of piperidine rings is 1. The lowest BCUT2D eigenvalue weighted by molar-refractivity contribution is -0.192. The predicted molar refractivity (Wildman–Crippen MR) is 101 cm³/mol. The monoisotopic (exact) mass is 418 g/mol. The number of benzene rings is 1. The van der Waals surface area contributed by atoms with E-state index in [0.717, 1.165) is 11.7 Å². The Kier molecular flexibility index (Phi) is 6.80. The zero-order valence-electron chi connectivity index (χ0n) is 16.0. The number of nitrogens with zero attached hydrogens (tertiary/aromatic N) is 1. The number of urea groups is 1. The van der Waals surface area contributed by atoms with Crippen LogP contribution in [0.3, 0.4) is 0 Å². The Morgan fingerprint density at radius 2 is 1.86 bits per heavy atom. The van der Waals surface area contributed by atoms with Gasteiger partial charge in [0.2, 0.25) is 0 Å². The Bertz CT molecular complexity index is 809. The number of alkyl halides is 3. The molecule has 2 amide bonds. The van der Waals surface area contributed by atoms with E-state index in [-0.39, 0.29) is 12.8 Å². The summed E-state index contributed by atoms with van der Waals surface area (Å²) in [5.74, 6) is -1.49. The minimum Gasteiger partial charge on any atom is -0.332 e. The Hall–Kier alpha value is -2.03. The molecule has 1 aromatic carbocycles. The molecule has 1 saturated heterocycles. The number of likely N-dealkylation sites (tertiary alicyclic amines) is 1. The lowest BCUT2D eigenvalue weighted by atomic mass is 9.83. The number of halogens is 3. The molecule has 4 atom stereocenters. The minimum absolute atomic E-state index is 0.173. The molecule has 1 aliphatic heterocycles. The molecule has 1 aliphatic rings. The van der Waals surface area contributed by atoms with E-state index in [4.69, 9.17) is 0 Å². The summed E-state index contributed by atoms with van der Waals surface area (Å²) in [4.78, 5) is 14.3. The topological polar surface area (TPSA) is 66.5 Å². The Morgan fingerprint density at radius 1 is 1.25 bits per heavy atom. The summed E-state index contributed by atoms with van der Waals surface area (Å²) >= 11 is 0. The van der Waals surface area contributed by atoms with Gasteiger partial charge in [-0.05, 0) is 32.3 Å². The van der Waals surface area contributed by atoms with Crippen LogP contribution in [-0.4, -0.2) is 43.9 Å². The largest absolute Gasteiger partial charge is 0.391 e. The van der Waals surface area contributed by atoms with E-state index in [1.165, 1.54) is 11.0 Å². The molecule has 1 heterocycles. The molecule has 0 aliphatic carbocycles. The van der Waals surface area contributed by atoms with Crippen LogP contribution in [0.4, 0.5) is 18.0 Å². The van der Waals surface area contributed by atoms with Gasteiger partial charge in [-0.2, -0.15) is 13.2 Å². The zero-order chi connectivity index (χ0) is 21.1. The third-order valence-corrected chi connectivity index (χ3v) is 5.44. The van der Waals surface area contributed by atoms with E-state index in [1.54, 1.807) is 44.2 Å². The molecule has 0 bridgehead atoms. The standard InChI is InChI=1S/C19H25F3N2O3S/c1-13(9-10-28(3,26)27)23-18(25)24-14(2)11-16(19(20,21)22)12-17(24)15-7-5-4-6-8-15/h4-10,13-14,16-17H,11-12H2,1-3H3,(H,23,25)/b10-9+/t13-,14+,16-,17+/m0/s1. The van der Waals surface area contributed by atoms with Crippen molar-refractivity contribution >= 4 is 15.9 Å². The third-order valence-electron chi connectivity index (χ3n) is 4.79. The van der Waals surface area contributed by atoms with E-state index < -0.39 is 46.1 Å². The van der Waals surface area contributed by atoms with Gasteiger partial charge in [0.05, 0.1) is 12.0 Å². The summed E-state index contributed by atoms with van der Waals surface area (Å²) in [6.45, 7) is 3.20. The van der Waals surface area contributed by atoms with Crippen LogP contribution in [0.5, 0.6) is 0 Å². The van der Waals surface area contributed by atoms with Crippen LogP contribution in [0.15, 0.2) is 41.8 Å². The van der Waals surface area contributed by atoms with Crippen molar-refractivity contribution < 1.29 is 26.4 Å². The third kappa shape index (κ3) is 5.98. The van der Waals surface area contributed by atoms with Gasteiger partial charge in [-0.15, -0.1) is 0 Å². The first kappa shape index (κ1) is 22.3. The van der Waals surface area contributed by atoms with Gasteiger partial charge in [0.25, 0.3) is 0 Å². The second-order valence-electron chi connectivity index (χ2n) is 7.29. The normalized spacial score (nSPS) is 24.9. The number of sulfone groups is 1. The maximum atomic E-state index is 13.4. The highest BCUT2D eigenvalue weighted by Gasteiger charge is 2.48. The van der Waals surface area contributed by atoms with Gasteiger partial charge in [0.1, 0.15) is 0 Å². The molecular weight excluding hydrogens is 393 g/mol. The Balaban J connectivity index is 2.26. The zero-order valence-corrected chi connectivity index (χ0v) is 16.8. The van der Waals surface area contributed by atoms with Crippen molar-refractivity contribution in [2.75, 3.05) is 6.26 Å². The molecule has 0 spiro atoms. The fourth-order valence-electron chi connectivity index (χ4n) is 3.47. The van der Waals surface area contributed by atoms with E-state index in [0.29, 0.717) is 5.56 Å². The maximum Gasteiger partial charge on any atom is 0.391 e. The minimum atomic E-state index is -4.32. The van der Waals surface area contributed by atoms with Crippen molar-refractivity contribution in [1.82, 2.24) is 10.2 Å². The molecule has 0 aromatic heterocycles. The smallest absolute Gasteiger partial charge is 0.332 e. The van der Waals surface area contributed by atoms with Crippen LogP contribution in [0.1, 0.15) is 38.3 Å². The lowest BCUT2D eigenvalue weighted by Crippen LogP contribution is -2.53. The van der Waals surface area contributed by atoms with Crippen LogP contribution >= 0.6 is 0 Å². The van der Waals surface area contributed by atoms with E-state index in [1.807, 2.05) is 0 Å². The van der Waals surface area contributed by atoms with E-state index in [2.05, 4.69) is 5.32 Å². The molecule has 2 rings (SSSR count). The second kappa shape index (κ2) is 8.55. The highest BCUT2D eigenvalue weighted by Crippen LogP contribution is 2.44. The van der Waals surface area contributed by atoms with Crippen LogP contribution < -0.4 is 5.32 Å². The number of rotatable bonds is 4. The molecule has 0 unspecified atom stereocenters. The first-order valence-electron chi connectivity index (χ1n) is 8.97. The van der Waals surface area contributed by atoms with Crippen LogP contribution in [0, 0.1) is 5.92 Å². The fourth-order valence-corrected chi connectivity index (χ4v) is 3.99. The van der Waals surface area contributed by atoms with Crippen LogP contribution in [0.25, 0.3) is 0 Å². The predicted octanol–water partition coefficient (Wildman–Crippen LogP) is 4.05. The first-order chi connectivity index (χ1) is 12.9. The summed E-state index contributed by atoms with van der Waals surface area (Å²) in [6, 6.07) is 6.18. The number of hydrogen-bond donors (Lipinski definition) is 1. The molecule has 0 saturated carbocycles. The quantitative estimate of drug-likeness (QED) is 0.802. The molecule has 9 heteroatoms. The first-order valence-corrected chi connectivity index (χ1v) is 10.9. The Morgan fingerprint density at radius 3 is 2.39 bits per heavy atom. The molecule has 156 valence electrons. The van der Waals surface area contributed by atoms with Gasteiger partial charge in [-0.25, -0.2) is 13.2 Å². The Labute approximate surface area is 163 Å². The van der Waals surface area contributed by atoms with Gasteiger partial charge in [0, 0.05) is 23.7 Å². The molecule has 1 N–H and O–H groups in total. The molecular formula is C19H25F3N2O3S. The number of nitrogens with one attached hydrogen (secondary N) is 1. The second-order valence-corrected chi connectivity index (χ2v) is 9.22. The summed E-state index contributed by atoms with van der Waals surface area (Å²) in [5.41, 5.74) is 0.637. The van der Waals surface area contributed by atoms with E-state index in [9.17, 15) is 26.4 Å². The molecule has 0 radical (unpaired) electrons. The van der Waals surface area contributed by atoms with Crippen molar-refractivity contribution in [1.29, 1.82) is 0 Å². The number of carbonyl (C=O) groups excluding carboxylic acids is 1. The summed E-state index contributed by atoms with van der Waals surface area (Å²) in [7, 11) is -3.34. The van der Waals surface area contributed by atoms with Crippen molar-refractivity contribution in [2.24, 2.45) is 5.92 Å². The van der Waals surface area contributed by atoms with Gasteiger partial charge in [0.15, 0.2) is 9.84 Å². The van der Waals surface area contributed by atoms with Gasteiger partial charge >= 0.3 is 12.2 Å². The summed E-state index contributed by atoms with van der Waals surface area (Å²) in [5, 5.41) is 3.65.